The Hall–Kier alpha value is -3.35. The number of aromatic amines is 2. The van der Waals surface area contributed by atoms with E-state index in [1.165, 1.54) is 6.07 Å². The van der Waals surface area contributed by atoms with Crippen molar-refractivity contribution in [1.82, 2.24) is 10.2 Å². The van der Waals surface area contributed by atoms with Crippen molar-refractivity contribution in [2.45, 2.75) is 5.92 Å². The van der Waals surface area contributed by atoms with E-state index in [0.717, 1.165) is 0 Å². The molecule has 1 atom stereocenters. The molecule has 0 spiro atoms. The summed E-state index contributed by atoms with van der Waals surface area (Å²) in [5.41, 5.74) is 1.23. The van der Waals surface area contributed by atoms with Crippen molar-refractivity contribution in [1.29, 1.82) is 0 Å². The number of nitro groups is 1. The van der Waals surface area contributed by atoms with Crippen LogP contribution in [0, 0.1) is 10.1 Å². The molecule has 0 fully saturated rings. The highest BCUT2D eigenvalue weighted by atomic mass is 16.6. The van der Waals surface area contributed by atoms with Gasteiger partial charge in [0.25, 0.3) is 5.56 Å². The Bertz CT molecular complexity index is 915. The molecular formula is C17H15N3O4. The first-order valence-electron chi connectivity index (χ1n) is 7.33. The Labute approximate surface area is 136 Å². The lowest BCUT2D eigenvalue weighted by Crippen LogP contribution is -2.20. The zero-order valence-electron chi connectivity index (χ0n) is 12.6. The van der Waals surface area contributed by atoms with E-state index >= 15 is 0 Å². The normalized spacial score (nSPS) is 12.0. The number of nitrogens with one attached hydrogen (secondary N) is 2. The van der Waals surface area contributed by atoms with Crippen molar-refractivity contribution < 1.29 is 10.0 Å². The molecule has 2 aromatic carbocycles. The van der Waals surface area contributed by atoms with E-state index in [1.807, 2.05) is 0 Å². The third kappa shape index (κ3) is 2.91. The van der Waals surface area contributed by atoms with Gasteiger partial charge in [0.2, 0.25) is 6.54 Å². The Balaban J connectivity index is 2.19. The first-order valence-corrected chi connectivity index (χ1v) is 7.33. The van der Waals surface area contributed by atoms with Gasteiger partial charge in [0, 0.05) is 10.5 Å². The van der Waals surface area contributed by atoms with Gasteiger partial charge in [-0.15, -0.1) is 0 Å². The van der Waals surface area contributed by atoms with Gasteiger partial charge in [-0.1, -0.05) is 42.5 Å². The topological polar surface area (TPSA) is 112 Å². The fraction of sp³-hybridized carbons (Fsp3) is 0.118. The van der Waals surface area contributed by atoms with Gasteiger partial charge in [-0.25, -0.2) is 0 Å². The molecule has 0 aliphatic heterocycles. The molecular weight excluding hydrogens is 310 g/mol. The van der Waals surface area contributed by atoms with Crippen LogP contribution in [0.15, 0.2) is 59.4 Å². The van der Waals surface area contributed by atoms with E-state index < -0.39 is 22.9 Å². The third-order valence-corrected chi connectivity index (χ3v) is 3.87. The number of aromatic hydroxyl groups is 1. The van der Waals surface area contributed by atoms with Crippen LogP contribution in [0.5, 0.6) is 5.75 Å². The van der Waals surface area contributed by atoms with Gasteiger partial charge in [0.15, 0.2) is 0 Å². The minimum absolute atomic E-state index is 0.0121. The lowest BCUT2D eigenvalue weighted by molar-refractivity contribution is -0.481. The quantitative estimate of drug-likeness (QED) is 0.494. The zero-order valence-corrected chi connectivity index (χ0v) is 12.6. The fourth-order valence-electron chi connectivity index (χ4n) is 2.80. The molecule has 0 saturated carbocycles. The average Bonchev–Trinajstić information content (AvgIpc) is 2.95. The maximum Gasteiger partial charge on any atom is 0.268 e. The van der Waals surface area contributed by atoms with Crippen molar-refractivity contribution in [3.8, 4) is 17.0 Å². The van der Waals surface area contributed by atoms with Gasteiger partial charge in [0.05, 0.1) is 17.2 Å². The SMILES string of the molecule is O=c1[nH][nH]c(-c2ccccc2O)c1[C@@H](C[N+](=O)[O-])c1ccccc1. The minimum atomic E-state index is -0.731. The molecule has 3 N–H and O–H groups in total. The summed E-state index contributed by atoms with van der Waals surface area (Å²) in [6.45, 7) is -0.425. The summed E-state index contributed by atoms with van der Waals surface area (Å²) >= 11 is 0. The highest BCUT2D eigenvalue weighted by molar-refractivity contribution is 5.70. The average molecular weight is 325 g/mol. The summed E-state index contributed by atoms with van der Waals surface area (Å²) in [5.74, 6) is -0.743. The molecule has 122 valence electrons. The van der Waals surface area contributed by atoms with Crippen molar-refractivity contribution in [3.63, 3.8) is 0 Å². The minimum Gasteiger partial charge on any atom is -0.507 e. The van der Waals surface area contributed by atoms with Gasteiger partial charge >= 0.3 is 0 Å². The van der Waals surface area contributed by atoms with Crippen molar-refractivity contribution >= 4 is 0 Å². The van der Waals surface area contributed by atoms with E-state index in [4.69, 9.17) is 0 Å². The number of para-hydroxylation sites is 1. The number of H-pyrrole nitrogens is 2. The highest BCUT2D eigenvalue weighted by Crippen LogP contribution is 2.34. The Morgan fingerprint density at radius 2 is 1.71 bits per heavy atom. The Morgan fingerprint density at radius 3 is 2.38 bits per heavy atom. The molecule has 0 bridgehead atoms. The van der Waals surface area contributed by atoms with E-state index in [-0.39, 0.29) is 11.3 Å². The van der Waals surface area contributed by atoms with Crippen molar-refractivity contribution in [3.05, 3.63) is 86.2 Å². The summed E-state index contributed by atoms with van der Waals surface area (Å²) in [6.07, 6.45) is 0. The van der Waals surface area contributed by atoms with E-state index in [1.54, 1.807) is 48.5 Å². The third-order valence-electron chi connectivity index (χ3n) is 3.87. The van der Waals surface area contributed by atoms with E-state index in [2.05, 4.69) is 10.2 Å². The molecule has 7 heteroatoms. The van der Waals surface area contributed by atoms with Gasteiger partial charge < -0.3 is 5.11 Å². The zero-order chi connectivity index (χ0) is 17.1. The lowest BCUT2D eigenvalue weighted by atomic mass is 9.89. The maximum atomic E-state index is 12.3. The largest absolute Gasteiger partial charge is 0.507 e. The van der Waals surface area contributed by atoms with Crippen LogP contribution in [0.1, 0.15) is 17.0 Å². The van der Waals surface area contributed by atoms with Crippen LogP contribution >= 0.6 is 0 Å². The summed E-state index contributed by atoms with van der Waals surface area (Å²) in [4.78, 5) is 23.0. The lowest BCUT2D eigenvalue weighted by Gasteiger charge is -2.13. The molecule has 0 radical (unpaired) electrons. The fourth-order valence-corrected chi connectivity index (χ4v) is 2.80. The molecule has 7 nitrogen and oxygen atoms in total. The van der Waals surface area contributed by atoms with Crippen LogP contribution in [-0.4, -0.2) is 26.8 Å². The highest BCUT2D eigenvalue weighted by Gasteiger charge is 2.28. The summed E-state index contributed by atoms with van der Waals surface area (Å²) in [6, 6.07) is 15.3. The molecule has 0 aliphatic rings. The predicted octanol–water partition coefficient (Wildman–Crippen LogP) is 2.48. The molecule has 24 heavy (non-hydrogen) atoms. The van der Waals surface area contributed by atoms with Crippen molar-refractivity contribution in [2.75, 3.05) is 6.54 Å². The number of hydrogen-bond donors (Lipinski definition) is 3. The number of hydrogen-bond acceptors (Lipinski definition) is 4. The van der Waals surface area contributed by atoms with E-state index in [9.17, 15) is 20.0 Å². The van der Waals surface area contributed by atoms with Crippen molar-refractivity contribution in [2.24, 2.45) is 0 Å². The van der Waals surface area contributed by atoms with Crippen LogP contribution in [0.25, 0.3) is 11.3 Å². The second-order valence-electron chi connectivity index (χ2n) is 5.36. The van der Waals surface area contributed by atoms with Crippen LogP contribution in [-0.2, 0) is 0 Å². The number of benzene rings is 2. The Morgan fingerprint density at radius 1 is 1.04 bits per heavy atom. The van der Waals surface area contributed by atoms with Crippen LogP contribution in [0.3, 0.4) is 0 Å². The number of phenols is 1. The molecule has 0 saturated heterocycles. The van der Waals surface area contributed by atoms with Gasteiger partial charge in [0.1, 0.15) is 5.75 Å². The van der Waals surface area contributed by atoms with Crippen LogP contribution in [0.4, 0.5) is 0 Å². The van der Waals surface area contributed by atoms with E-state index in [0.29, 0.717) is 16.8 Å². The maximum absolute atomic E-state index is 12.3. The molecule has 0 amide bonds. The summed E-state index contributed by atoms with van der Waals surface area (Å²) in [5, 5.41) is 26.4. The summed E-state index contributed by atoms with van der Waals surface area (Å²) in [7, 11) is 0. The predicted molar refractivity (Wildman–Crippen MR) is 88.7 cm³/mol. The number of phenolic OH excluding ortho intramolecular Hbond substituents is 1. The molecule has 3 aromatic rings. The first-order chi connectivity index (χ1) is 11.6. The molecule has 1 aromatic heterocycles. The van der Waals surface area contributed by atoms with Gasteiger partial charge in [-0.3, -0.25) is 25.1 Å². The molecule has 0 unspecified atom stereocenters. The Kier molecular flexibility index (Phi) is 4.15. The van der Waals surface area contributed by atoms with Gasteiger partial charge in [-0.2, -0.15) is 0 Å². The first kappa shape index (κ1) is 15.5. The second-order valence-corrected chi connectivity index (χ2v) is 5.36. The standard InChI is InChI=1S/C17H15N3O4/c21-14-9-5-4-8-12(14)16-15(17(22)19-18-16)13(10-20(23)24)11-6-2-1-3-7-11/h1-9,13,21H,10H2,(H2,18,19,22)/t13-/m0/s1. The van der Waals surface area contributed by atoms with Crippen LogP contribution < -0.4 is 5.56 Å². The number of nitrogens with zero attached hydrogens (tertiary/aromatic N) is 1. The molecule has 3 rings (SSSR count). The summed E-state index contributed by atoms with van der Waals surface area (Å²) < 4.78 is 0. The molecule has 1 heterocycles. The second kappa shape index (κ2) is 6.41. The monoisotopic (exact) mass is 325 g/mol. The number of aromatic nitrogens is 2. The smallest absolute Gasteiger partial charge is 0.268 e. The van der Waals surface area contributed by atoms with Crippen LogP contribution in [0.2, 0.25) is 0 Å². The number of rotatable bonds is 5. The van der Waals surface area contributed by atoms with Gasteiger partial charge in [-0.05, 0) is 17.7 Å². The molecule has 0 aliphatic carbocycles.